The lowest BCUT2D eigenvalue weighted by Crippen LogP contribution is -2.43. The number of rotatable bonds is 5. The summed E-state index contributed by atoms with van der Waals surface area (Å²) in [5.41, 5.74) is 5.12. The van der Waals surface area contributed by atoms with E-state index in [9.17, 15) is 14.4 Å². The van der Waals surface area contributed by atoms with Crippen LogP contribution in [-0.2, 0) is 23.9 Å². The van der Waals surface area contributed by atoms with E-state index in [0.717, 1.165) is 22.4 Å². The van der Waals surface area contributed by atoms with Crippen molar-refractivity contribution in [1.82, 2.24) is 5.32 Å². The van der Waals surface area contributed by atoms with Gasteiger partial charge >= 0.3 is 11.9 Å². The molecule has 0 amide bonds. The second kappa shape index (κ2) is 9.90. The molecule has 0 aromatic heterocycles. The van der Waals surface area contributed by atoms with Crippen molar-refractivity contribution in [2.45, 2.75) is 46.1 Å². The number of allylic oxidation sites excluding steroid dienone is 3. The Morgan fingerprint density at radius 3 is 2.23 bits per heavy atom. The molecule has 0 bridgehead atoms. The molecule has 2 aliphatic rings. The molecule has 1 N–H and O–H groups in total. The number of nitrogens with one attached hydrogen (secondary N) is 1. The minimum Gasteiger partial charge on any atom is -0.468 e. The maximum absolute atomic E-state index is 13.8. The summed E-state index contributed by atoms with van der Waals surface area (Å²) in [6.45, 7) is 7.28. The van der Waals surface area contributed by atoms with Gasteiger partial charge in [0.15, 0.2) is 5.78 Å². The molecule has 0 radical (unpaired) electrons. The summed E-state index contributed by atoms with van der Waals surface area (Å²) in [4.78, 5) is 39.6. The molecule has 3 atom stereocenters. The lowest BCUT2D eigenvalue weighted by Gasteiger charge is -2.38. The van der Waals surface area contributed by atoms with Gasteiger partial charge in [0.25, 0.3) is 0 Å². The van der Waals surface area contributed by atoms with E-state index in [1.807, 2.05) is 68.4 Å². The zero-order chi connectivity index (χ0) is 25.3. The number of hydrogen-bond donors (Lipinski definition) is 1. The molecular weight excluding hydrogens is 442 g/mol. The van der Waals surface area contributed by atoms with Gasteiger partial charge in [-0.25, -0.2) is 4.79 Å². The maximum atomic E-state index is 13.8. The molecule has 0 saturated carbocycles. The first-order valence-electron chi connectivity index (χ1n) is 11.9. The van der Waals surface area contributed by atoms with Crippen molar-refractivity contribution in [1.29, 1.82) is 0 Å². The number of hydrogen-bond acceptors (Lipinski definition) is 6. The van der Waals surface area contributed by atoms with Crippen LogP contribution in [-0.4, -0.2) is 30.9 Å². The van der Waals surface area contributed by atoms with Crippen molar-refractivity contribution in [3.05, 3.63) is 82.7 Å². The van der Waals surface area contributed by atoms with Crippen LogP contribution in [0, 0.1) is 11.8 Å². The van der Waals surface area contributed by atoms with E-state index < -0.39 is 23.8 Å². The zero-order valence-corrected chi connectivity index (χ0v) is 20.8. The van der Waals surface area contributed by atoms with Crippen molar-refractivity contribution >= 4 is 17.7 Å². The van der Waals surface area contributed by atoms with E-state index in [1.165, 1.54) is 7.11 Å². The Balaban J connectivity index is 1.84. The second-order valence-corrected chi connectivity index (χ2v) is 9.48. The molecule has 2 aromatic carbocycles. The van der Waals surface area contributed by atoms with E-state index in [1.54, 1.807) is 13.8 Å². The van der Waals surface area contributed by atoms with Crippen LogP contribution in [0.3, 0.4) is 0 Å². The molecule has 1 aliphatic carbocycles. The Hall–Kier alpha value is -3.67. The third-order valence-corrected chi connectivity index (χ3v) is 6.66. The fourth-order valence-electron chi connectivity index (χ4n) is 5.06. The summed E-state index contributed by atoms with van der Waals surface area (Å²) in [5, 5.41) is 3.28. The quantitative estimate of drug-likeness (QED) is 0.490. The van der Waals surface area contributed by atoms with Crippen LogP contribution < -0.4 is 5.32 Å². The van der Waals surface area contributed by atoms with E-state index in [2.05, 4.69) is 5.32 Å². The molecule has 1 aliphatic heterocycles. The topological polar surface area (TPSA) is 81.7 Å². The highest BCUT2D eigenvalue weighted by Gasteiger charge is 2.47. The number of dihydropyridines is 1. The number of ether oxygens (including phenoxy) is 2. The van der Waals surface area contributed by atoms with Crippen LogP contribution >= 0.6 is 0 Å². The van der Waals surface area contributed by atoms with Gasteiger partial charge in [0, 0.05) is 22.9 Å². The van der Waals surface area contributed by atoms with E-state index in [0.29, 0.717) is 23.3 Å². The molecule has 1 heterocycles. The molecule has 0 fully saturated rings. The molecule has 35 heavy (non-hydrogen) atoms. The fraction of sp³-hybridized carbons (Fsp3) is 0.345. The second-order valence-electron chi connectivity index (χ2n) is 9.48. The molecular formula is C29H31NO5. The summed E-state index contributed by atoms with van der Waals surface area (Å²) < 4.78 is 10.5. The largest absolute Gasteiger partial charge is 0.468 e. The van der Waals surface area contributed by atoms with Gasteiger partial charge < -0.3 is 14.8 Å². The summed E-state index contributed by atoms with van der Waals surface area (Å²) in [6.07, 6.45) is 0.188. The van der Waals surface area contributed by atoms with Crippen LogP contribution in [0.4, 0.5) is 0 Å². The molecule has 0 unspecified atom stereocenters. The molecule has 0 spiro atoms. The van der Waals surface area contributed by atoms with Crippen LogP contribution in [0.5, 0.6) is 0 Å². The third-order valence-electron chi connectivity index (χ3n) is 6.66. The summed E-state index contributed by atoms with van der Waals surface area (Å²) >= 11 is 0. The molecule has 6 heteroatoms. The number of Topliss-reactive ketones (excluding diaryl/α,β-unsaturated/α-hetero) is 1. The zero-order valence-electron chi connectivity index (χ0n) is 20.8. The van der Waals surface area contributed by atoms with Crippen molar-refractivity contribution < 1.29 is 23.9 Å². The molecule has 182 valence electrons. The average molecular weight is 474 g/mol. The van der Waals surface area contributed by atoms with Gasteiger partial charge in [-0.05, 0) is 49.8 Å². The third kappa shape index (κ3) is 4.65. The van der Waals surface area contributed by atoms with Crippen LogP contribution in [0.25, 0.3) is 11.1 Å². The standard InChI is InChI=1S/C29H31NO5/c1-16(2)35-29(33)24-18(4)30-22-15-17(3)23(28(32)34-5)27(31)26(22)25(24)21-13-11-20(12-14-21)19-9-7-6-8-10-19/h6-14,16-17,23,25,30H,15H2,1-5H3/t17-,23+,25+/m0/s1. The summed E-state index contributed by atoms with van der Waals surface area (Å²) in [7, 11) is 1.29. The van der Waals surface area contributed by atoms with Crippen LogP contribution in [0.15, 0.2) is 77.1 Å². The number of esters is 2. The van der Waals surface area contributed by atoms with E-state index in [-0.39, 0.29) is 17.8 Å². The minimum atomic E-state index is -0.910. The highest BCUT2D eigenvalue weighted by molar-refractivity contribution is 6.12. The minimum absolute atomic E-state index is 0.223. The monoisotopic (exact) mass is 473 g/mol. The smallest absolute Gasteiger partial charge is 0.337 e. The number of carbonyl (C=O) groups excluding carboxylic acids is 3. The predicted octanol–water partition coefficient (Wildman–Crippen LogP) is 4.92. The van der Waals surface area contributed by atoms with E-state index >= 15 is 0 Å². The number of methoxy groups -OCH3 is 1. The lowest BCUT2D eigenvalue weighted by molar-refractivity contribution is -0.151. The van der Waals surface area contributed by atoms with Crippen molar-refractivity contribution in [2.24, 2.45) is 11.8 Å². The molecule has 4 rings (SSSR count). The van der Waals surface area contributed by atoms with E-state index in [4.69, 9.17) is 9.47 Å². The highest BCUT2D eigenvalue weighted by Crippen LogP contribution is 2.45. The van der Waals surface area contributed by atoms with Gasteiger partial charge in [0.2, 0.25) is 0 Å². The number of ketones is 1. The van der Waals surface area contributed by atoms with Gasteiger partial charge in [-0.1, -0.05) is 61.5 Å². The van der Waals surface area contributed by atoms with Crippen molar-refractivity contribution in [3.63, 3.8) is 0 Å². The van der Waals surface area contributed by atoms with Gasteiger partial charge in [0.05, 0.1) is 18.8 Å². The molecule has 2 aromatic rings. The predicted molar refractivity (Wildman–Crippen MR) is 133 cm³/mol. The number of benzene rings is 2. The molecule has 6 nitrogen and oxygen atoms in total. The van der Waals surface area contributed by atoms with Crippen LogP contribution in [0.2, 0.25) is 0 Å². The Morgan fingerprint density at radius 1 is 1.00 bits per heavy atom. The van der Waals surface area contributed by atoms with Gasteiger partial charge in [-0.3, -0.25) is 9.59 Å². The normalized spacial score (nSPS) is 22.0. The van der Waals surface area contributed by atoms with Gasteiger partial charge in [-0.2, -0.15) is 0 Å². The maximum Gasteiger partial charge on any atom is 0.337 e. The SMILES string of the molecule is COC(=O)[C@H]1C(=O)C2=C(C[C@@H]1C)NC(C)=C(C(=O)OC(C)C)[C@H]2c1ccc(-c2ccccc2)cc1. The summed E-state index contributed by atoms with van der Waals surface area (Å²) in [5.74, 6) is -3.11. The van der Waals surface area contributed by atoms with Crippen LogP contribution in [0.1, 0.15) is 45.6 Å². The van der Waals surface area contributed by atoms with Gasteiger partial charge in [-0.15, -0.1) is 0 Å². The Labute approximate surface area is 206 Å². The van der Waals surface area contributed by atoms with Crippen molar-refractivity contribution in [3.8, 4) is 11.1 Å². The first-order valence-corrected chi connectivity index (χ1v) is 11.9. The summed E-state index contributed by atoms with van der Waals surface area (Å²) in [6, 6.07) is 17.8. The van der Waals surface area contributed by atoms with Crippen molar-refractivity contribution in [2.75, 3.05) is 7.11 Å². The van der Waals surface area contributed by atoms with Gasteiger partial charge in [0.1, 0.15) is 5.92 Å². The Bertz CT molecular complexity index is 1210. The average Bonchev–Trinajstić information content (AvgIpc) is 2.83. The lowest BCUT2D eigenvalue weighted by atomic mass is 9.69. The first kappa shape index (κ1) is 24.5. The number of carbonyl (C=O) groups is 3. The molecule has 0 saturated heterocycles. The fourth-order valence-corrected chi connectivity index (χ4v) is 5.06. The highest BCUT2D eigenvalue weighted by atomic mass is 16.5. The first-order chi connectivity index (χ1) is 16.7. The Kier molecular flexibility index (Phi) is 6.92. The Morgan fingerprint density at radius 2 is 1.63 bits per heavy atom.